The zero-order chi connectivity index (χ0) is 23.9. The fourth-order valence-corrected chi connectivity index (χ4v) is 4.52. The van der Waals surface area contributed by atoms with Gasteiger partial charge in [-0.25, -0.2) is 0 Å². The topological polar surface area (TPSA) is 66.8 Å². The van der Waals surface area contributed by atoms with Gasteiger partial charge in [-0.1, -0.05) is 48.0 Å². The Bertz CT molecular complexity index is 1290. The summed E-state index contributed by atoms with van der Waals surface area (Å²) in [5.74, 6) is -0.841. The minimum Gasteiger partial charge on any atom is -0.507 e. The molecule has 5 nitrogen and oxygen atoms in total. The van der Waals surface area contributed by atoms with Crippen LogP contribution >= 0.6 is 0 Å². The van der Waals surface area contributed by atoms with Gasteiger partial charge in [-0.15, -0.1) is 0 Å². The van der Waals surface area contributed by atoms with Crippen LogP contribution in [0.5, 0.6) is 5.75 Å². The number of benzene rings is 3. The van der Waals surface area contributed by atoms with E-state index in [0.717, 1.165) is 27.8 Å². The largest absolute Gasteiger partial charge is 0.507 e. The average molecular weight is 442 g/mol. The van der Waals surface area contributed by atoms with E-state index >= 15 is 0 Å². The molecule has 168 valence electrons. The second-order valence-corrected chi connectivity index (χ2v) is 8.51. The van der Waals surface area contributed by atoms with Crippen molar-refractivity contribution < 1.29 is 19.4 Å². The number of anilines is 1. The number of rotatable bonds is 4. The molecule has 1 heterocycles. The minimum atomic E-state index is -0.741. The van der Waals surface area contributed by atoms with Gasteiger partial charge < -0.3 is 9.84 Å². The van der Waals surface area contributed by atoms with Crippen molar-refractivity contribution >= 4 is 23.1 Å². The molecule has 5 heteroatoms. The first kappa shape index (κ1) is 22.3. The summed E-state index contributed by atoms with van der Waals surface area (Å²) in [6.45, 7) is 7.61. The molecule has 3 aromatic carbocycles. The van der Waals surface area contributed by atoms with Gasteiger partial charge in [0.25, 0.3) is 11.7 Å². The molecule has 1 fully saturated rings. The van der Waals surface area contributed by atoms with Crippen molar-refractivity contribution in [3.05, 3.63) is 99.6 Å². The highest BCUT2D eigenvalue weighted by molar-refractivity contribution is 6.51. The van der Waals surface area contributed by atoms with Crippen LogP contribution in [0.4, 0.5) is 5.69 Å². The summed E-state index contributed by atoms with van der Waals surface area (Å²) in [5, 5.41) is 11.4. The molecule has 0 radical (unpaired) electrons. The van der Waals surface area contributed by atoms with Gasteiger partial charge in [0, 0.05) is 11.3 Å². The Labute approximate surface area is 193 Å². The van der Waals surface area contributed by atoms with E-state index in [-0.39, 0.29) is 11.3 Å². The number of carbonyl (C=O) groups is 2. The number of nitrogens with zero attached hydrogens (tertiary/aromatic N) is 1. The number of ketones is 1. The van der Waals surface area contributed by atoms with Crippen LogP contribution in [0.1, 0.15) is 39.4 Å². The molecule has 1 N–H and O–H groups in total. The molecule has 0 bridgehead atoms. The first-order valence-electron chi connectivity index (χ1n) is 10.8. The molecular weight excluding hydrogens is 414 g/mol. The normalized spacial score (nSPS) is 17.5. The predicted molar refractivity (Wildman–Crippen MR) is 130 cm³/mol. The van der Waals surface area contributed by atoms with Crippen LogP contribution < -0.4 is 9.64 Å². The number of methoxy groups -OCH3 is 1. The third-order valence-electron chi connectivity index (χ3n) is 6.17. The molecule has 1 unspecified atom stereocenters. The van der Waals surface area contributed by atoms with Gasteiger partial charge in [0.15, 0.2) is 0 Å². The number of ether oxygens (including phenoxy) is 1. The van der Waals surface area contributed by atoms with Gasteiger partial charge in [-0.05, 0) is 68.1 Å². The lowest BCUT2D eigenvalue weighted by molar-refractivity contribution is -0.132. The summed E-state index contributed by atoms with van der Waals surface area (Å²) >= 11 is 0. The summed E-state index contributed by atoms with van der Waals surface area (Å²) < 4.78 is 5.39. The number of carbonyl (C=O) groups excluding carboxylic acids is 2. The predicted octanol–water partition coefficient (Wildman–Crippen LogP) is 5.56. The third kappa shape index (κ3) is 3.80. The molecular formula is C28H27NO4. The Morgan fingerprint density at radius 3 is 2.21 bits per heavy atom. The fraction of sp³-hybridized carbons (Fsp3) is 0.214. The summed E-state index contributed by atoms with van der Waals surface area (Å²) in [5.41, 5.74) is 5.51. The van der Waals surface area contributed by atoms with Crippen LogP contribution in [-0.2, 0) is 9.59 Å². The molecule has 4 rings (SSSR count). The van der Waals surface area contributed by atoms with Gasteiger partial charge in [0.2, 0.25) is 0 Å². The zero-order valence-corrected chi connectivity index (χ0v) is 19.5. The SMILES string of the molecule is COc1cc(C)c(/C(O)=C2\C(=O)C(=O)N(c3ccc(C)cc3C)C2c2ccccc2)cc1C. The first-order valence-corrected chi connectivity index (χ1v) is 10.8. The number of Topliss-reactive ketones (excluding diaryl/α,β-unsaturated/α-hetero) is 1. The van der Waals surface area contributed by atoms with Crippen molar-refractivity contribution in [2.75, 3.05) is 12.0 Å². The molecule has 1 saturated heterocycles. The van der Waals surface area contributed by atoms with Crippen molar-refractivity contribution in [2.24, 2.45) is 0 Å². The van der Waals surface area contributed by atoms with Crippen molar-refractivity contribution in [2.45, 2.75) is 33.7 Å². The third-order valence-corrected chi connectivity index (χ3v) is 6.17. The summed E-state index contributed by atoms with van der Waals surface area (Å²) in [4.78, 5) is 28.2. The number of amides is 1. The average Bonchev–Trinajstić information content (AvgIpc) is 3.06. The van der Waals surface area contributed by atoms with Crippen LogP contribution in [0.2, 0.25) is 0 Å². The number of aryl methyl sites for hydroxylation is 4. The molecule has 1 aliphatic heterocycles. The fourth-order valence-electron chi connectivity index (χ4n) is 4.52. The highest BCUT2D eigenvalue weighted by Gasteiger charge is 2.47. The number of hydrogen-bond donors (Lipinski definition) is 1. The van der Waals surface area contributed by atoms with Crippen LogP contribution in [-0.4, -0.2) is 23.9 Å². The molecule has 1 amide bonds. The zero-order valence-electron chi connectivity index (χ0n) is 19.5. The van der Waals surface area contributed by atoms with Crippen molar-refractivity contribution in [3.8, 4) is 5.75 Å². The lowest BCUT2D eigenvalue weighted by atomic mass is 9.93. The number of hydrogen-bond acceptors (Lipinski definition) is 4. The lowest BCUT2D eigenvalue weighted by Crippen LogP contribution is -2.30. The Hall–Kier alpha value is -3.86. The van der Waals surface area contributed by atoms with Crippen LogP contribution in [0.15, 0.2) is 66.2 Å². The molecule has 0 aromatic heterocycles. The maximum atomic E-state index is 13.4. The Balaban J connectivity index is 1.98. The van der Waals surface area contributed by atoms with Gasteiger partial charge in [0.05, 0.1) is 18.7 Å². The maximum Gasteiger partial charge on any atom is 0.300 e. The van der Waals surface area contributed by atoms with Crippen molar-refractivity contribution in [1.82, 2.24) is 0 Å². The molecule has 0 saturated carbocycles. The summed E-state index contributed by atoms with van der Waals surface area (Å²) in [7, 11) is 1.59. The molecule has 0 aliphatic carbocycles. The molecule has 1 atom stereocenters. The van der Waals surface area contributed by atoms with E-state index in [0.29, 0.717) is 17.0 Å². The highest BCUT2D eigenvalue weighted by Crippen LogP contribution is 2.43. The molecule has 1 aliphatic rings. The van der Waals surface area contributed by atoms with E-state index in [1.807, 2.05) is 82.3 Å². The van der Waals surface area contributed by atoms with E-state index in [1.54, 1.807) is 13.2 Å². The van der Waals surface area contributed by atoms with E-state index < -0.39 is 17.7 Å². The van der Waals surface area contributed by atoms with E-state index in [9.17, 15) is 14.7 Å². The second-order valence-electron chi connectivity index (χ2n) is 8.51. The Morgan fingerprint density at radius 2 is 1.58 bits per heavy atom. The van der Waals surface area contributed by atoms with Crippen molar-refractivity contribution in [1.29, 1.82) is 0 Å². The van der Waals surface area contributed by atoms with Crippen LogP contribution in [0.25, 0.3) is 5.76 Å². The van der Waals surface area contributed by atoms with Gasteiger partial charge in [-0.2, -0.15) is 0 Å². The first-order chi connectivity index (χ1) is 15.7. The Kier molecular flexibility index (Phi) is 5.81. The van der Waals surface area contributed by atoms with Gasteiger partial charge in [-0.3, -0.25) is 14.5 Å². The number of aliphatic hydroxyl groups excluding tert-OH is 1. The van der Waals surface area contributed by atoms with Crippen LogP contribution in [0, 0.1) is 27.7 Å². The second kappa shape index (κ2) is 8.58. The molecule has 0 spiro atoms. The smallest absolute Gasteiger partial charge is 0.300 e. The lowest BCUT2D eigenvalue weighted by Gasteiger charge is -2.27. The standard InChI is InChI=1S/C28H27NO4/c1-16-11-12-22(18(3)13-16)29-25(20-9-7-6-8-10-20)24(27(31)28(29)32)26(30)21-14-19(4)23(33-5)15-17(21)2/h6-15,25,30H,1-5H3/b26-24+. The quantitative estimate of drug-likeness (QED) is 0.327. The molecule has 33 heavy (non-hydrogen) atoms. The molecule has 3 aromatic rings. The Morgan fingerprint density at radius 1 is 0.879 bits per heavy atom. The van der Waals surface area contributed by atoms with Gasteiger partial charge in [0.1, 0.15) is 11.5 Å². The van der Waals surface area contributed by atoms with Crippen LogP contribution in [0.3, 0.4) is 0 Å². The van der Waals surface area contributed by atoms with E-state index in [4.69, 9.17) is 4.74 Å². The highest BCUT2D eigenvalue weighted by atomic mass is 16.5. The maximum absolute atomic E-state index is 13.4. The van der Waals surface area contributed by atoms with E-state index in [1.165, 1.54) is 4.90 Å². The summed E-state index contributed by atoms with van der Waals surface area (Å²) in [6, 6.07) is 18.0. The summed E-state index contributed by atoms with van der Waals surface area (Å²) in [6.07, 6.45) is 0. The number of aliphatic hydroxyl groups is 1. The van der Waals surface area contributed by atoms with E-state index in [2.05, 4.69) is 0 Å². The van der Waals surface area contributed by atoms with Gasteiger partial charge >= 0.3 is 0 Å². The monoisotopic (exact) mass is 441 g/mol. The minimum absolute atomic E-state index is 0.0823. The van der Waals surface area contributed by atoms with Crippen molar-refractivity contribution in [3.63, 3.8) is 0 Å².